The Hall–Kier alpha value is -7.79. The zero-order valence-electron chi connectivity index (χ0n) is 32.8. The lowest BCUT2D eigenvalue weighted by atomic mass is 9.91. The Morgan fingerprint density at radius 1 is 0.393 bits per heavy atom. The van der Waals surface area contributed by atoms with Gasteiger partial charge in [-0.05, 0) is 88.0 Å². The molecule has 13 rings (SSSR count). The number of hydrogen-bond donors (Lipinski definition) is 0. The first-order chi connectivity index (χ1) is 30.2. The van der Waals surface area contributed by atoms with Crippen LogP contribution in [0.3, 0.4) is 0 Å². The monoisotopic (exact) mass is 794 g/mol. The van der Waals surface area contributed by atoms with E-state index in [0.717, 1.165) is 83.1 Å². The van der Waals surface area contributed by atoms with Crippen molar-refractivity contribution in [3.05, 3.63) is 206 Å². The molecular weight excluding hydrogens is 761 g/mol. The van der Waals surface area contributed by atoms with Gasteiger partial charge >= 0.3 is 0 Å². The van der Waals surface area contributed by atoms with Crippen molar-refractivity contribution in [2.75, 3.05) is 0 Å². The second-order valence-electron chi connectivity index (χ2n) is 15.9. The number of pyridine rings is 1. The van der Waals surface area contributed by atoms with E-state index in [1.807, 2.05) is 11.3 Å². The van der Waals surface area contributed by atoms with Gasteiger partial charge in [-0.3, -0.25) is 0 Å². The van der Waals surface area contributed by atoms with E-state index in [9.17, 15) is 0 Å². The van der Waals surface area contributed by atoms with Gasteiger partial charge in [0.25, 0.3) is 0 Å². The van der Waals surface area contributed by atoms with Crippen LogP contribution < -0.4 is 0 Å². The number of hydrogen-bond acceptors (Lipinski definition) is 3. The Bertz CT molecular complexity index is 3860. The van der Waals surface area contributed by atoms with E-state index in [1.165, 1.54) is 42.1 Å². The number of nitrogens with zero attached hydrogens (tertiary/aromatic N) is 2. The molecule has 0 N–H and O–H groups in total. The molecule has 0 aliphatic heterocycles. The highest BCUT2D eigenvalue weighted by Gasteiger charge is 2.23. The molecule has 0 saturated carbocycles. The Balaban J connectivity index is 1.11. The summed E-state index contributed by atoms with van der Waals surface area (Å²) in [5, 5.41) is 8.28. The van der Waals surface area contributed by atoms with Crippen LogP contribution in [-0.2, 0) is 0 Å². The maximum absolute atomic E-state index is 7.26. The first kappa shape index (κ1) is 34.1. The third kappa shape index (κ3) is 5.33. The summed E-state index contributed by atoms with van der Waals surface area (Å²) in [4.78, 5) is 5.20. The van der Waals surface area contributed by atoms with Crippen LogP contribution >= 0.6 is 11.3 Å². The van der Waals surface area contributed by atoms with E-state index in [-0.39, 0.29) is 0 Å². The Kier molecular flexibility index (Phi) is 7.47. The molecule has 0 spiro atoms. The third-order valence-electron chi connectivity index (χ3n) is 12.4. The topological polar surface area (TPSA) is 31.0 Å². The Labute approximate surface area is 355 Å². The molecule has 284 valence electrons. The number of benzene rings is 9. The average Bonchev–Trinajstić information content (AvgIpc) is 4.00. The second kappa shape index (κ2) is 13.4. The van der Waals surface area contributed by atoms with Crippen molar-refractivity contribution in [3.63, 3.8) is 0 Å². The zero-order valence-corrected chi connectivity index (χ0v) is 33.7. The maximum Gasteiger partial charge on any atom is 0.159 e. The van der Waals surface area contributed by atoms with Gasteiger partial charge in [0.05, 0.1) is 27.9 Å². The van der Waals surface area contributed by atoms with Gasteiger partial charge < -0.3 is 8.98 Å². The molecule has 0 radical (unpaired) electrons. The van der Waals surface area contributed by atoms with Crippen LogP contribution in [0.25, 0.3) is 125 Å². The largest absolute Gasteiger partial charge is 0.454 e. The van der Waals surface area contributed by atoms with Crippen molar-refractivity contribution in [3.8, 4) is 50.3 Å². The minimum atomic E-state index is 0.844. The summed E-state index contributed by atoms with van der Waals surface area (Å²) in [5.41, 5.74) is 14.8. The van der Waals surface area contributed by atoms with E-state index in [4.69, 9.17) is 9.40 Å². The number of fused-ring (bicyclic) bond motifs is 10. The molecule has 0 saturated heterocycles. The molecule has 4 aromatic heterocycles. The zero-order chi connectivity index (χ0) is 40.0. The van der Waals surface area contributed by atoms with E-state index >= 15 is 0 Å². The minimum absolute atomic E-state index is 0.844. The summed E-state index contributed by atoms with van der Waals surface area (Å²) in [6.45, 7) is 0. The Morgan fingerprint density at radius 3 is 1.87 bits per heavy atom. The van der Waals surface area contributed by atoms with E-state index < -0.39 is 0 Å². The standard InChI is InChI=1S/C57H34N2OS/c1-3-14-35(15-4-1)36-26-28-37(29-27-36)39-30-47(44-32-49(38-16-5-2-6-17-38)58-48-22-10-7-18-40(44)48)56-43-21-13-24-51(57(43)60-53(56)31-39)59-50-23-11-8-19-41(50)45-34-55-46(33-52(45)59)42-20-9-12-25-54(42)61-55/h1-34H. The first-order valence-corrected chi connectivity index (χ1v) is 21.5. The molecule has 0 atom stereocenters. The van der Waals surface area contributed by atoms with Crippen LogP contribution in [0.4, 0.5) is 0 Å². The lowest BCUT2D eigenvalue weighted by Crippen LogP contribution is -1.94. The van der Waals surface area contributed by atoms with Crippen LogP contribution in [0.2, 0.25) is 0 Å². The third-order valence-corrected chi connectivity index (χ3v) is 13.5. The number of thiophene rings is 1. The molecule has 4 heteroatoms. The van der Waals surface area contributed by atoms with Crippen LogP contribution in [0.15, 0.2) is 211 Å². The van der Waals surface area contributed by atoms with Crippen LogP contribution in [0.1, 0.15) is 0 Å². The Morgan fingerprint density at radius 2 is 1.05 bits per heavy atom. The molecular formula is C57H34N2OS. The summed E-state index contributed by atoms with van der Waals surface area (Å²) in [6.07, 6.45) is 0. The van der Waals surface area contributed by atoms with Crippen LogP contribution in [0.5, 0.6) is 0 Å². The van der Waals surface area contributed by atoms with E-state index in [2.05, 4.69) is 211 Å². The van der Waals surface area contributed by atoms with Crippen molar-refractivity contribution in [1.29, 1.82) is 0 Å². The summed E-state index contributed by atoms with van der Waals surface area (Å²) >= 11 is 1.86. The molecule has 9 aromatic carbocycles. The van der Waals surface area contributed by atoms with E-state index in [1.54, 1.807) is 0 Å². The normalized spacial score (nSPS) is 11.9. The van der Waals surface area contributed by atoms with E-state index in [0.29, 0.717) is 0 Å². The summed E-state index contributed by atoms with van der Waals surface area (Å²) in [6, 6.07) is 74.2. The van der Waals surface area contributed by atoms with Gasteiger partial charge in [0, 0.05) is 52.7 Å². The van der Waals surface area contributed by atoms with Gasteiger partial charge in [-0.15, -0.1) is 11.3 Å². The van der Waals surface area contributed by atoms with Gasteiger partial charge in [-0.25, -0.2) is 4.98 Å². The number of furan rings is 1. The van der Waals surface area contributed by atoms with Crippen molar-refractivity contribution >= 4 is 86.2 Å². The highest BCUT2D eigenvalue weighted by Crippen LogP contribution is 2.46. The van der Waals surface area contributed by atoms with Gasteiger partial charge in [0.1, 0.15) is 5.58 Å². The molecule has 3 nitrogen and oxygen atoms in total. The van der Waals surface area contributed by atoms with Crippen LogP contribution in [0, 0.1) is 0 Å². The molecule has 0 unspecified atom stereocenters. The van der Waals surface area contributed by atoms with Gasteiger partial charge in [-0.2, -0.15) is 0 Å². The highest BCUT2D eigenvalue weighted by molar-refractivity contribution is 7.25. The van der Waals surface area contributed by atoms with Crippen molar-refractivity contribution in [1.82, 2.24) is 9.55 Å². The second-order valence-corrected chi connectivity index (χ2v) is 16.9. The fourth-order valence-electron chi connectivity index (χ4n) is 9.55. The van der Waals surface area contributed by atoms with Crippen molar-refractivity contribution in [2.24, 2.45) is 0 Å². The lowest BCUT2D eigenvalue weighted by molar-refractivity contribution is 0.666. The molecule has 13 aromatic rings. The molecule has 0 aliphatic carbocycles. The SMILES string of the molecule is c1ccc(-c2ccc(-c3cc(-c4cc(-c5ccccc5)nc5ccccc45)c4c(c3)oc3c(-n5c6ccccc6c6cc7sc8ccccc8c7cc65)cccc34)cc2)cc1. The summed E-state index contributed by atoms with van der Waals surface area (Å²) in [7, 11) is 0. The molecule has 0 amide bonds. The van der Waals surface area contributed by atoms with Crippen LogP contribution in [-0.4, -0.2) is 9.55 Å². The quantitative estimate of drug-likeness (QED) is 0.174. The lowest BCUT2D eigenvalue weighted by Gasteiger charge is -2.14. The predicted molar refractivity (Wildman–Crippen MR) is 258 cm³/mol. The highest BCUT2D eigenvalue weighted by atomic mass is 32.1. The average molecular weight is 795 g/mol. The van der Waals surface area contributed by atoms with Crippen molar-refractivity contribution in [2.45, 2.75) is 0 Å². The van der Waals surface area contributed by atoms with Gasteiger partial charge in [0.15, 0.2) is 5.58 Å². The number of aromatic nitrogens is 2. The summed E-state index contributed by atoms with van der Waals surface area (Å²) < 4.78 is 12.3. The fraction of sp³-hybridized carbons (Fsp3) is 0. The van der Waals surface area contributed by atoms with Crippen molar-refractivity contribution < 1.29 is 4.42 Å². The van der Waals surface area contributed by atoms with Gasteiger partial charge in [0.2, 0.25) is 0 Å². The smallest absolute Gasteiger partial charge is 0.159 e. The first-order valence-electron chi connectivity index (χ1n) is 20.7. The molecule has 61 heavy (non-hydrogen) atoms. The molecule has 4 heterocycles. The molecule has 0 aliphatic rings. The molecule has 0 bridgehead atoms. The fourth-order valence-corrected chi connectivity index (χ4v) is 10.7. The molecule has 0 fully saturated rings. The maximum atomic E-state index is 7.26. The number of rotatable bonds is 5. The minimum Gasteiger partial charge on any atom is -0.454 e. The predicted octanol–water partition coefficient (Wildman–Crippen LogP) is 16.3. The summed E-state index contributed by atoms with van der Waals surface area (Å²) in [5.74, 6) is 0. The van der Waals surface area contributed by atoms with Gasteiger partial charge in [-0.1, -0.05) is 152 Å². The number of para-hydroxylation sites is 3.